The van der Waals surface area contributed by atoms with Crippen LogP contribution in [0, 0.1) is 6.92 Å². The third-order valence-electron chi connectivity index (χ3n) is 3.28. The summed E-state index contributed by atoms with van der Waals surface area (Å²) in [6.07, 6.45) is 0.277. The van der Waals surface area contributed by atoms with Gasteiger partial charge in [0.2, 0.25) is 21.8 Å². The van der Waals surface area contributed by atoms with Crippen molar-refractivity contribution in [2.45, 2.75) is 31.2 Å². The summed E-state index contributed by atoms with van der Waals surface area (Å²) in [7, 11) is -3.96. The number of aryl methyl sites for hydroxylation is 1. The molecule has 1 aliphatic rings. The number of carbonyl (C=O) groups excluding carboxylic acids is 2. The van der Waals surface area contributed by atoms with Crippen LogP contribution in [0.2, 0.25) is 0 Å². The Labute approximate surface area is 123 Å². The summed E-state index contributed by atoms with van der Waals surface area (Å²) in [6.45, 7) is 3.04. The van der Waals surface area contributed by atoms with Crippen molar-refractivity contribution in [1.29, 1.82) is 0 Å². The number of hydrogen-bond donors (Lipinski definition) is 2. The number of imide groups is 1. The first-order valence-corrected chi connectivity index (χ1v) is 7.92. The third-order valence-corrected chi connectivity index (χ3v) is 5.11. The minimum atomic E-state index is -3.96. The van der Waals surface area contributed by atoms with Gasteiger partial charge >= 0.3 is 0 Å². The zero-order valence-corrected chi connectivity index (χ0v) is 12.6. The number of anilines is 1. The van der Waals surface area contributed by atoms with E-state index in [1.165, 1.54) is 12.1 Å². The predicted molar refractivity (Wildman–Crippen MR) is 76.7 cm³/mol. The zero-order chi connectivity index (χ0) is 15.8. The molecule has 0 radical (unpaired) electrons. The van der Waals surface area contributed by atoms with Gasteiger partial charge in [-0.1, -0.05) is 6.92 Å². The van der Waals surface area contributed by atoms with Gasteiger partial charge in [0, 0.05) is 5.69 Å². The number of amides is 2. The van der Waals surface area contributed by atoms with Crippen molar-refractivity contribution in [3.05, 3.63) is 23.8 Å². The number of carbonyl (C=O) groups is 2. The Hall–Kier alpha value is -1.93. The molecule has 8 heteroatoms. The number of piperazine rings is 1. The van der Waals surface area contributed by atoms with E-state index >= 15 is 0 Å². The van der Waals surface area contributed by atoms with Gasteiger partial charge in [-0.15, -0.1) is 0 Å². The second-order valence-electron chi connectivity index (χ2n) is 4.97. The molecule has 1 saturated heterocycles. The lowest BCUT2D eigenvalue weighted by atomic mass is 10.2. The molecule has 0 spiro atoms. The van der Waals surface area contributed by atoms with Crippen LogP contribution in [0.4, 0.5) is 5.69 Å². The largest absolute Gasteiger partial charge is 0.399 e. The molecular weight excluding hydrogens is 294 g/mol. The number of hydrogen-bond acceptors (Lipinski definition) is 5. The molecule has 0 aromatic heterocycles. The van der Waals surface area contributed by atoms with E-state index in [4.69, 9.17) is 5.73 Å². The first-order chi connectivity index (χ1) is 9.75. The molecule has 1 aromatic carbocycles. The minimum absolute atomic E-state index is 0.0130. The highest BCUT2D eigenvalue weighted by atomic mass is 32.2. The van der Waals surface area contributed by atoms with E-state index in [2.05, 4.69) is 5.32 Å². The van der Waals surface area contributed by atoms with E-state index < -0.39 is 27.9 Å². The van der Waals surface area contributed by atoms with Crippen molar-refractivity contribution in [2.75, 3.05) is 12.3 Å². The van der Waals surface area contributed by atoms with Crippen LogP contribution in [0.1, 0.15) is 18.9 Å². The van der Waals surface area contributed by atoms with E-state index in [1.54, 1.807) is 19.9 Å². The van der Waals surface area contributed by atoms with Crippen LogP contribution in [0.15, 0.2) is 23.1 Å². The fourth-order valence-electron chi connectivity index (χ4n) is 2.35. The van der Waals surface area contributed by atoms with E-state index in [1.807, 2.05) is 0 Å². The second kappa shape index (κ2) is 5.45. The number of nitrogens with one attached hydrogen (secondary N) is 1. The number of nitrogens with two attached hydrogens (primary N) is 1. The lowest BCUT2D eigenvalue weighted by Gasteiger charge is -2.32. The number of sulfonamides is 1. The van der Waals surface area contributed by atoms with Gasteiger partial charge in [-0.05, 0) is 37.1 Å². The summed E-state index contributed by atoms with van der Waals surface area (Å²) in [6, 6.07) is 3.54. The maximum absolute atomic E-state index is 12.7. The zero-order valence-electron chi connectivity index (χ0n) is 11.8. The van der Waals surface area contributed by atoms with Crippen molar-refractivity contribution < 1.29 is 18.0 Å². The van der Waals surface area contributed by atoms with Gasteiger partial charge in [-0.25, -0.2) is 8.42 Å². The van der Waals surface area contributed by atoms with Gasteiger partial charge in [-0.3, -0.25) is 14.9 Å². The standard InChI is InChI=1S/C13H17N3O4S/c1-3-11-13(18)15-12(17)7-16(11)21(19,20)10-5-8(2)4-9(14)6-10/h4-6,11H,3,7,14H2,1-2H3,(H,15,17,18). The molecule has 3 N–H and O–H groups in total. The van der Waals surface area contributed by atoms with Crippen LogP contribution in [0.3, 0.4) is 0 Å². The molecule has 0 aliphatic carbocycles. The molecule has 1 atom stereocenters. The van der Waals surface area contributed by atoms with Crippen molar-refractivity contribution in [2.24, 2.45) is 0 Å². The summed E-state index contributed by atoms with van der Waals surface area (Å²) in [5.74, 6) is -1.23. The van der Waals surface area contributed by atoms with Crippen molar-refractivity contribution in [1.82, 2.24) is 9.62 Å². The molecular formula is C13H17N3O4S. The van der Waals surface area contributed by atoms with Crippen LogP contribution in [-0.4, -0.2) is 37.1 Å². The molecule has 1 unspecified atom stereocenters. The fourth-order valence-corrected chi connectivity index (χ4v) is 4.10. The smallest absolute Gasteiger partial charge is 0.245 e. The highest BCUT2D eigenvalue weighted by Gasteiger charge is 2.40. The number of rotatable bonds is 3. The molecule has 0 bridgehead atoms. The molecule has 21 heavy (non-hydrogen) atoms. The van der Waals surface area contributed by atoms with Crippen molar-refractivity contribution in [3.63, 3.8) is 0 Å². The summed E-state index contributed by atoms with van der Waals surface area (Å²) in [5, 5.41) is 2.15. The topological polar surface area (TPSA) is 110 Å². The van der Waals surface area contributed by atoms with E-state index in [0.29, 0.717) is 11.3 Å². The molecule has 7 nitrogen and oxygen atoms in total. The predicted octanol–water partition coefficient (Wildman–Crippen LogP) is 0.00292. The Morgan fingerprint density at radius 3 is 2.57 bits per heavy atom. The van der Waals surface area contributed by atoms with Gasteiger partial charge in [0.25, 0.3) is 0 Å². The van der Waals surface area contributed by atoms with Crippen LogP contribution in [0.5, 0.6) is 0 Å². The number of benzene rings is 1. The molecule has 114 valence electrons. The highest BCUT2D eigenvalue weighted by molar-refractivity contribution is 7.89. The third kappa shape index (κ3) is 2.91. The Kier molecular flexibility index (Phi) is 4.02. The first kappa shape index (κ1) is 15.5. The average molecular weight is 311 g/mol. The lowest BCUT2D eigenvalue weighted by molar-refractivity contribution is -0.137. The van der Waals surface area contributed by atoms with Gasteiger partial charge < -0.3 is 5.73 Å². The average Bonchev–Trinajstić information content (AvgIpc) is 2.36. The van der Waals surface area contributed by atoms with E-state index in [0.717, 1.165) is 4.31 Å². The van der Waals surface area contributed by atoms with Crippen LogP contribution in [0.25, 0.3) is 0 Å². The Morgan fingerprint density at radius 2 is 2.00 bits per heavy atom. The SMILES string of the molecule is CCC1C(=O)NC(=O)CN1S(=O)(=O)c1cc(C)cc(N)c1. The Bertz CT molecular complexity index is 679. The van der Waals surface area contributed by atoms with Gasteiger partial charge in [0.15, 0.2) is 0 Å². The summed E-state index contributed by atoms with van der Waals surface area (Å²) in [5.41, 5.74) is 6.68. The van der Waals surface area contributed by atoms with Crippen molar-refractivity contribution in [3.8, 4) is 0 Å². The molecule has 0 saturated carbocycles. The fraction of sp³-hybridized carbons (Fsp3) is 0.385. The van der Waals surface area contributed by atoms with Gasteiger partial charge in [0.1, 0.15) is 6.04 Å². The van der Waals surface area contributed by atoms with Crippen molar-refractivity contribution >= 4 is 27.5 Å². The van der Waals surface area contributed by atoms with Crippen LogP contribution >= 0.6 is 0 Å². The monoisotopic (exact) mass is 311 g/mol. The second-order valence-corrected chi connectivity index (χ2v) is 6.86. The molecule has 2 amide bonds. The maximum atomic E-state index is 12.7. The summed E-state index contributed by atoms with van der Waals surface area (Å²) in [4.78, 5) is 23.3. The lowest BCUT2D eigenvalue weighted by Crippen LogP contribution is -2.59. The minimum Gasteiger partial charge on any atom is -0.399 e. The molecule has 1 fully saturated rings. The number of nitrogen functional groups attached to an aromatic ring is 1. The molecule has 1 heterocycles. The normalized spacial score (nSPS) is 20.4. The van der Waals surface area contributed by atoms with Crippen LogP contribution in [-0.2, 0) is 19.6 Å². The highest BCUT2D eigenvalue weighted by Crippen LogP contribution is 2.24. The van der Waals surface area contributed by atoms with Crippen LogP contribution < -0.4 is 11.1 Å². The molecule has 1 aliphatic heterocycles. The van der Waals surface area contributed by atoms with Gasteiger partial charge in [-0.2, -0.15) is 4.31 Å². The summed E-state index contributed by atoms with van der Waals surface area (Å²) >= 11 is 0. The first-order valence-electron chi connectivity index (χ1n) is 6.48. The molecule has 2 rings (SSSR count). The van der Waals surface area contributed by atoms with E-state index in [-0.39, 0.29) is 17.9 Å². The Balaban J connectivity index is 2.50. The van der Waals surface area contributed by atoms with E-state index in [9.17, 15) is 18.0 Å². The molecule has 1 aromatic rings. The maximum Gasteiger partial charge on any atom is 0.245 e. The van der Waals surface area contributed by atoms with Gasteiger partial charge in [0.05, 0.1) is 11.4 Å². The quantitative estimate of drug-likeness (QED) is 0.603. The summed E-state index contributed by atoms with van der Waals surface area (Å²) < 4.78 is 26.3. The Morgan fingerprint density at radius 1 is 1.33 bits per heavy atom. The number of nitrogens with zero attached hydrogens (tertiary/aromatic N) is 1.